The minimum Gasteiger partial charge on any atom is -0.327 e. The Morgan fingerprint density at radius 2 is 1.76 bits per heavy atom. The molecule has 0 saturated heterocycles. The summed E-state index contributed by atoms with van der Waals surface area (Å²) in [5.74, 6) is 0. The molecule has 7 heteroatoms. The van der Waals surface area contributed by atoms with Gasteiger partial charge < -0.3 is 9.42 Å². The molecule has 0 spiro atoms. The van der Waals surface area contributed by atoms with Gasteiger partial charge in [0.2, 0.25) is 7.37 Å². The third kappa shape index (κ3) is 4.18. The Kier molecular flexibility index (Phi) is 7.86. The molecule has 0 aromatic rings. The van der Waals surface area contributed by atoms with E-state index in [1.54, 1.807) is 20.8 Å². The highest BCUT2D eigenvalue weighted by atomic mass is 31.2. The normalized spacial score (nSPS) is 17.7. The Morgan fingerprint density at radius 1 is 1.24 bits per heavy atom. The predicted octanol–water partition coefficient (Wildman–Crippen LogP) is 3.63. The summed E-state index contributed by atoms with van der Waals surface area (Å²) in [6, 6.07) is 0. The van der Waals surface area contributed by atoms with E-state index in [-0.39, 0.29) is 0 Å². The molecular formula is C10H24O5P2. The Labute approximate surface area is 104 Å². The van der Waals surface area contributed by atoms with Crippen molar-refractivity contribution >= 4 is 15.6 Å². The fourth-order valence-electron chi connectivity index (χ4n) is 2.00. The van der Waals surface area contributed by atoms with E-state index in [4.69, 9.17) is 13.9 Å². The SMILES string of the molecule is CCCP(=O)(OCC)C(CC)(CC)O[PH](=O)O. The Balaban J connectivity index is 5.34. The summed E-state index contributed by atoms with van der Waals surface area (Å²) in [6.07, 6.45) is 1.86. The summed E-state index contributed by atoms with van der Waals surface area (Å²) in [5.41, 5.74) is 0. The molecule has 0 fully saturated rings. The molecule has 0 rings (SSSR count). The molecule has 2 unspecified atom stereocenters. The van der Waals surface area contributed by atoms with E-state index in [2.05, 4.69) is 0 Å². The van der Waals surface area contributed by atoms with Crippen LogP contribution in [0, 0.1) is 0 Å². The topological polar surface area (TPSA) is 72.8 Å². The maximum atomic E-state index is 12.9. The molecule has 2 atom stereocenters. The highest BCUT2D eigenvalue weighted by Gasteiger charge is 2.48. The van der Waals surface area contributed by atoms with Crippen molar-refractivity contribution < 1.29 is 23.1 Å². The molecule has 0 bridgehead atoms. The lowest BCUT2D eigenvalue weighted by atomic mass is 10.2. The monoisotopic (exact) mass is 286 g/mol. The van der Waals surface area contributed by atoms with E-state index < -0.39 is 21.0 Å². The van der Waals surface area contributed by atoms with Gasteiger partial charge in [-0.15, -0.1) is 0 Å². The van der Waals surface area contributed by atoms with Crippen molar-refractivity contribution in [3.8, 4) is 0 Å². The summed E-state index contributed by atoms with van der Waals surface area (Å²) >= 11 is 0. The average Bonchev–Trinajstić information content (AvgIpc) is 2.26. The quantitative estimate of drug-likeness (QED) is 0.655. The second-order valence-corrected chi connectivity index (χ2v) is 7.44. The molecule has 104 valence electrons. The third-order valence-electron chi connectivity index (χ3n) is 2.86. The summed E-state index contributed by atoms with van der Waals surface area (Å²) in [6.45, 7) is 7.59. The average molecular weight is 286 g/mol. The van der Waals surface area contributed by atoms with Crippen LogP contribution in [0.4, 0.5) is 0 Å². The van der Waals surface area contributed by atoms with Crippen LogP contribution in [-0.4, -0.2) is 23.0 Å². The predicted molar refractivity (Wildman–Crippen MR) is 70.0 cm³/mol. The Morgan fingerprint density at radius 3 is 2.06 bits per heavy atom. The van der Waals surface area contributed by atoms with E-state index in [1.807, 2.05) is 6.92 Å². The molecule has 0 aromatic heterocycles. The zero-order valence-electron chi connectivity index (χ0n) is 11.1. The van der Waals surface area contributed by atoms with Gasteiger partial charge in [-0.3, -0.25) is 13.7 Å². The maximum Gasteiger partial charge on any atom is 0.317 e. The van der Waals surface area contributed by atoms with Crippen LogP contribution >= 0.6 is 15.6 Å². The minimum atomic E-state index is -3.14. The van der Waals surface area contributed by atoms with E-state index >= 15 is 0 Å². The van der Waals surface area contributed by atoms with Crippen LogP contribution in [0.1, 0.15) is 47.0 Å². The third-order valence-corrected chi connectivity index (χ3v) is 7.27. The van der Waals surface area contributed by atoms with Crippen LogP contribution in [-0.2, 0) is 18.2 Å². The van der Waals surface area contributed by atoms with Gasteiger partial charge in [0, 0.05) is 6.16 Å². The van der Waals surface area contributed by atoms with Gasteiger partial charge in [0.05, 0.1) is 6.61 Å². The van der Waals surface area contributed by atoms with Crippen LogP contribution in [0.5, 0.6) is 0 Å². The zero-order chi connectivity index (χ0) is 13.5. The van der Waals surface area contributed by atoms with Gasteiger partial charge in [0.15, 0.2) is 5.34 Å². The smallest absolute Gasteiger partial charge is 0.317 e. The van der Waals surface area contributed by atoms with Crippen molar-refractivity contribution in [1.82, 2.24) is 0 Å². The highest BCUT2D eigenvalue weighted by Crippen LogP contribution is 2.64. The summed E-state index contributed by atoms with van der Waals surface area (Å²) in [7, 11) is -6.21. The molecule has 1 N–H and O–H groups in total. The van der Waals surface area contributed by atoms with Crippen molar-refractivity contribution in [2.75, 3.05) is 12.8 Å². The molecule has 0 aliphatic rings. The van der Waals surface area contributed by atoms with Gasteiger partial charge in [0.1, 0.15) is 0 Å². The lowest BCUT2D eigenvalue weighted by molar-refractivity contribution is 0.112. The summed E-state index contributed by atoms with van der Waals surface area (Å²) in [5, 5.41) is -1.12. The van der Waals surface area contributed by atoms with Gasteiger partial charge in [0.25, 0.3) is 0 Å². The van der Waals surface area contributed by atoms with Crippen molar-refractivity contribution in [2.45, 2.75) is 52.3 Å². The summed E-state index contributed by atoms with van der Waals surface area (Å²) in [4.78, 5) is 9.00. The van der Waals surface area contributed by atoms with Crippen LogP contribution in [0.15, 0.2) is 0 Å². The fraction of sp³-hybridized carbons (Fsp3) is 1.00. The molecule has 0 radical (unpaired) electrons. The van der Waals surface area contributed by atoms with Crippen molar-refractivity contribution in [2.24, 2.45) is 0 Å². The van der Waals surface area contributed by atoms with Gasteiger partial charge in [-0.05, 0) is 26.2 Å². The van der Waals surface area contributed by atoms with E-state index in [0.29, 0.717) is 32.0 Å². The molecule has 5 nitrogen and oxygen atoms in total. The molecule has 0 aliphatic heterocycles. The summed E-state index contributed by atoms with van der Waals surface area (Å²) < 4.78 is 34.4. The van der Waals surface area contributed by atoms with Crippen molar-refractivity contribution in [3.63, 3.8) is 0 Å². The first-order valence-corrected chi connectivity index (χ1v) is 9.14. The number of hydrogen-bond donors (Lipinski definition) is 1. The standard InChI is InChI=1S/C10H24O5P2/c1-5-9-17(13,14-8-4)10(6-2,7-3)15-16(11)12/h16H,5-9H2,1-4H3,(H,11,12). The largest absolute Gasteiger partial charge is 0.327 e. The van der Waals surface area contributed by atoms with E-state index in [0.717, 1.165) is 0 Å². The maximum absolute atomic E-state index is 12.9. The van der Waals surface area contributed by atoms with Gasteiger partial charge in [-0.1, -0.05) is 20.8 Å². The molecule has 0 saturated carbocycles. The van der Waals surface area contributed by atoms with Crippen molar-refractivity contribution in [1.29, 1.82) is 0 Å². The molecular weight excluding hydrogens is 262 g/mol. The first-order valence-electron chi connectivity index (χ1n) is 6.07. The number of rotatable bonds is 9. The van der Waals surface area contributed by atoms with E-state index in [1.165, 1.54) is 0 Å². The first-order chi connectivity index (χ1) is 7.91. The second-order valence-electron chi connectivity index (χ2n) is 3.84. The first kappa shape index (κ1) is 17.3. The fourth-order valence-corrected chi connectivity index (χ4v) is 6.14. The van der Waals surface area contributed by atoms with Crippen LogP contribution < -0.4 is 0 Å². The molecule has 0 heterocycles. The lowest BCUT2D eigenvalue weighted by Gasteiger charge is -2.37. The van der Waals surface area contributed by atoms with Gasteiger partial charge in [-0.2, -0.15) is 0 Å². The van der Waals surface area contributed by atoms with Gasteiger partial charge >= 0.3 is 8.25 Å². The Hall–Kier alpha value is 0.340. The molecule has 0 aromatic carbocycles. The van der Waals surface area contributed by atoms with E-state index in [9.17, 15) is 9.13 Å². The zero-order valence-corrected chi connectivity index (χ0v) is 13.0. The second kappa shape index (κ2) is 7.70. The van der Waals surface area contributed by atoms with Crippen LogP contribution in [0.2, 0.25) is 0 Å². The van der Waals surface area contributed by atoms with Crippen LogP contribution in [0.3, 0.4) is 0 Å². The molecule has 17 heavy (non-hydrogen) atoms. The number of hydrogen-bond acceptors (Lipinski definition) is 4. The Bertz CT molecular complexity index is 278. The van der Waals surface area contributed by atoms with Crippen molar-refractivity contribution in [3.05, 3.63) is 0 Å². The minimum absolute atomic E-state index is 0.314. The highest BCUT2D eigenvalue weighted by molar-refractivity contribution is 7.60. The lowest BCUT2D eigenvalue weighted by Crippen LogP contribution is -2.31. The molecule has 0 aliphatic carbocycles. The van der Waals surface area contributed by atoms with Gasteiger partial charge in [-0.25, -0.2) is 0 Å². The molecule has 0 amide bonds. The van der Waals surface area contributed by atoms with Crippen LogP contribution in [0.25, 0.3) is 0 Å².